The fourth-order valence-corrected chi connectivity index (χ4v) is 2.68. The van der Waals surface area contributed by atoms with Crippen LogP contribution in [0.2, 0.25) is 0 Å². The maximum Gasteiger partial charge on any atom is 0.308 e. The lowest BCUT2D eigenvalue weighted by atomic mass is 9.99. The van der Waals surface area contributed by atoms with Gasteiger partial charge in [0.25, 0.3) is 0 Å². The molecule has 3 aromatic rings. The van der Waals surface area contributed by atoms with Gasteiger partial charge in [0.05, 0.1) is 18.1 Å². The van der Waals surface area contributed by atoms with E-state index >= 15 is 0 Å². The molecule has 1 aromatic heterocycles. The fourth-order valence-electron chi connectivity index (χ4n) is 2.68. The number of carbonyl (C=O) groups is 1. The smallest absolute Gasteiger partial charge is 0.308 e. The van der Waals surface area contributed by atoms with E-state index < -0.39 is 10.5 Å². The van der Waals surface area contributed by atoms with Crippen molar-refractivity contribution in [3.05, 3.63) is 64.9 Å². The highest BCUT2D eigenvalue weighted by Crippen LogP contribution is 2.29. The molecule has 0 aliphatic heterocycles. The Balaban J connectivity index is 0.000000640. The van der Waals surface area contributed by atoms with Crippen LogP contribution in [-0.4, -0.2) is 20.8 Å². The second-order valence-corrected chi connectivity index (χ2v) is 6.35. The number of aryl methyl sites for hydroxylation is 2. The van der Waals surface area contributed by atoms with Crippen LogP contribution in [0.5, 0.6) is 5.75 Å². The van der Waals surface area contributed by atoms with Crippen LogP contribution in [0.3, 0.4) is 0 Å². The first-order valence-electron chi connectivity index (χ1n) is 8.28. The molecule has 0 spiro atoms. The largest absolute Gasteiger partial charge is 0.493 e. The number of carbonyl (C=O) groups excluding carboxylic acids is 1. The maximum absolute atomic E-state index is 12.9. The molecule has 0 unspecified atom stereocenters. The SMILES string of the molecule is Cc1ccc2oc(C)c(C(=O)c3ccc(OCCC#N)cc3)c2c1.N=S(=O)=O. The van der Waals surface area contributed by atoms with E-state index in [1.165, 1.54) is 0 Å². The Morgan fingerprint density at radius 3 is 2.43 bits per heavy atom. The standard InChI is InChI=1S/C20H17NO3.HNO2S/c1-13-4-9-18-17(12-13)19(14(2)24-18)20(22)15-5-7-16(8-6-15)23-11-3-10-21;1-4(2)3/h4-9,12H,3,11H2,1-2H3;1H. The van der Waals surface area contributed by atoms with Gasteiger partial charge in [-0.05, 0) is 50.2 Å². The summed E-state index contributed by atoms with van der Waals surface area (Å²) in [7, 11) is -2.61. The maximum atomic E-state index is 12.9. The van der Waals surface area contributed by atoms with Crippen molar-refractivity contribution in [2.24, 2.45) is 0 Å². The molecule has 1 N–H and O–H groups in total. The van der Waals surface area contributed by atoms with E-state index in [0.717, 1.165) is 16.5 Å². The summed E-state index contributed by atoms with van der Waals surface area (Å²) in [4.78, 5) is 12.9. The summed E-state index contributed by atoms with van der Waals surface area (Å²) in [5.41, 5.74) is 2.98. The van der Waals surface area contributed by atoms with Crippen molar-refractivity contribution >= 4 is 27.3 Å². The first kappa shape index (κ1) is 20.9. The van der Waals surface area contributed by atoms with E-state index in [1.807, 2.05) is 38.1 Å². The van der Waals surface area contributed by atoms with Crippen molar-refractivity contribution in [3.8, 4) is 11.8 Å². The third kappa shape index (κ3) is 5.28. The zero-order valence-corrected chi connectivity index (χ0v) is 16.2. The Kier molecular flexibility index (Phi) is 7.07. The van der Waals surface area contributed by atoms with Gasteiger partial charge in [-0.2, -0.15) is 18.5 Å². The highest BCUT2D eigenvalue weighted by atomic mass is 32.2. The van der Waals surface area contributed by atoms with Crippen molar-refractivity contribution in [1.82, 2.24) is 0 Å². The molecule has 0 amide bonds. The predicted octanol–water partition coefficient (Wildman–Crippen LogP) is 4.20. The number of fused-ring (bicyclic) bond motifs is 1. The number of nitrogens with zero attached hydrogens (tertiary/aromatic N) is 1. The van der Waals surface area contributed by atoms with Crippen LogP contribution in [0.25, 0.3) is 11.0 Å². The minimum absolute atomic E-state index is 0.0691. The zero-order chi connectivity index (χ0) is 20.7. The molecule has 28 heavy (non-hydrogen) atoms. The average molecular weight is 398 g/mol. The van der Waals surface area contributed by atoms with Crippen LogP contribution in [0, 0.1) is 30.0 Å². The number of ether oxygens (including phenoxy) is 1. The fraction of sp³-hybridized carbons (Fsp3) is 0.200. The molecule has 7 nitrogen and oxygen atoms in total. The van der Waals surface area contributed by atoms with E-state index in [4.69, 9.17) is 27.6 Å². The van der Waals surface area contributed by atoms with E-state index in [1.54, 1.807) is 24.3 Å². The van der Waals surface area contributed by atoms with Crippen LogP contribution >= 0.6 is 0 Å². The van der Waals surface area contributed by atoms with Gasteiger partial charge in [0.15, 0.2) is 5.78 Å². The number of rotatable bonds is 5. The quantitative estimate of drug-likeness (QED) is 0.508. The van der Waals surface area contributed by atoms with Crippen LogP contribution in [-0.2, 0) is 10.5 Å². The van der Waals surface area contributed by atoms with Crippen molar-refractivity contribution in [1.29, 1.82) is 10.0 Å². The summed E-state index contributed by atoms with van der Waals surface area (Å²) < 4.78 is 34.0. The predicted molar refractivity (Wildman–Crippen MR) is 103 cm³/mol. The molecule has 0 saturated carbocycles. The molecule has 0 fully saturated rings. The third-order valence-corrected chi connectivity index (χ3v) is 3.85. The number of benzene rings is 2. The lowest BCUT2D eigenvalue weighted by molar-refractivity contribution is 0.103. The van der Waals surface area contributed by atoms with Crippen LogP contribution in [0.4, 0.5) is 0 Å². The van der Waals surface area contributed by atoms with Crippen LogP contribution < -0.4 is 4.74 Å². The summed E-state index contributed by atoms with van der Waals surface area (Å²) in [5, 5.41) is 9.35. The Morgan fingerprint density at radius 2 is 1.82 bits per heavy atom. The first-order chi connectivity index (χ1) is 13.3. The summed E-state index contributed by atoms with van der Waals surface area (Å²) in [6, 6.07) is 14.8. The monoisotopic (exact) mass is 398 g/mol. The number of hydrogen-bond acceptors (Lipinski definition) is 7. The van der Waals surface area contributed by atoms with Crippen molar-refractivity contribution in [3.63, 3.8) is 0 Å². The van der Waals surface area contributed by atoms with Gasteiger partial charge in [-0.15, -0.1) is 0 Å². The van der Waals surface area contributed by atoms with Gasteiger partial charge in [-0.25, -0.2) is 0 Å². The van der Waals surface area contributed by atoms with Gasteiger partial charge in [0.1, 0.15) is 23.7 Å². The second kappa shape index (κ2) is 9.48. The molecule has 0 aliphatic carbocycles. The summed E-state index contributed by atoms with van der Waals surface area (Å²) in [6.45, 7) is 4.14. The summed E-state index contributed by atoms with van der Waals surface area (Å²) in [6.07, 6.45) is 0.334. The number of hydrogen-bond donors (Lipinski definition) is 1. The van der Waals surface area contributed by atoms with Gasteiger partial charge in [-0.3, -0.25) is 4.79 Å². The normalized spacial score (nSPS) is 9.89. The van der Waals surface area contributed by atoms with E-state index in [-0.39, 0.29) is 5.78 Å². The number of furan rings is 1. The molecule has 0 bridgehead atoms. The van der Waals surface area contributed by atoms with E-state index in [0.29, 0.717) is 35.7 Å². The van der Waals surface area contributed by atoms with Gasteiger partial charge in [-0.1, -0.05) is 11.6 Å². The Labute approximate surface area is 163 Å². The molecular formula is C20H18N2O5S. The number of nitriles is 1. The first-order valence-corrected chi connectivity index (χ1v) is 9.35. The Hall–Kier alpha value is -3.44. The lowest BCUT2D eigenvalue weighted by Crippen LogP contribution is -2.03. The molecule has 0 atom stereocenters. The molecule has 3 rings (SSSR count). The van der Waals surface area contributed by atoms with Gasteiger partial charge in [0.2, 0.25) is 0 Å². The van der Waals surface area contributed by atoms with Gasteiger partial charge >= 0.3 is 10.5 Å². The summed E-state index contributed by atoms with van der Waals surface area (Å²) in [5.74, 6) is 1.20. The molecule has 0 aliphatic rings. The Bertz CT molecular complexity index is 1130. The second-order valence-electron chi connectivity index (χ2n) is 5.88. The summed E-state index contributed by atoms with van der Waals surface area (Å²) >= 11 is 0. The van der Waals surface area contributed by atoms with Crippen molar-refractivity contribution < 1.29 is 22.4 Å². The zero-order valence-electron chi connectivity index (χ0n) is 15.4. The highest BCUT2D eigenvalue weighted by Gasteiger charge is 2.19. The average Bonchev–Trinajstić information content (AvgIpc) is 2.96. The molecule has 0 saturated heterocycles. The van der Waals surface area contributed by atoms with E-state index in [2.05, 4.69) is 0 Å². The molecule has 144 valence electrons. The van der Waals surface area contributed by atoms with Crippen LogP contribution in [0.15, 0.2) is 46.9 Å². The topological polar surface area (TPSA) is 121 Å². The molecule has 8 heteroatoms. The van der Waals surface area contributed by atoms with Gasteiger partial charge in [0, 0.05) is 10.9 Å². The minimum Gasteiger partial charge on any atom is -0.493 e. The number of ketones is 1. The van der Waals surface area contributed by atoms with E-state index in [9.17, 15) is 4.79 Å². The van der Waals surface area contributed by atoms with Crippen molar-refractivity contribution in [2.75, 3.05) is 6.61 Å². The lowest BCUT2D eigenvalue weighted by Gasteiger charge is -2.05. The van der Waals surface area contributed by atoms with Crippen LogP contribution in [0.1, 0.15) is 33.7 Å². The highest BCUT2D eigenvalue weighted by molar-refractivity contribution is 7.60. The van der Waals surface area contributed by atoms with Gasteiger partial charge < -0.3 is 9.15 Å². The van der Waals surface area contributed by atoms with Crippen molar-refractivity contribution in [2.45, 2.75) is 20.3 Å². The third-order valence-electron chi connectivity index (χ3n) is 3.85. The number of nitrogens with one attached hydrogen (secondary N) is 1. The molecule has 0 radical (unpaired) electrons. The molecular weight excluding hydrogens is 380 g/mol. The molecule has 2 aromatic carbocycles. The molecule has 1 heterocycles. The Morgan fingerprint density at radius 1 is 1.18 bits per heavy atom. The minimum atomic E-state index is -2.61.